The van der Waals surface area contributed by atoms with Gasteiger partial charge in [-0.15, -0.1) is 0 Å². The summed E-state index contributed by atoms with van der Waals surface area (Å²) >= 11 is 3.89. The first-order valence-corrected chi connectivity index (χ1v) is 3.96. The van der Waals surface area contributed by atoms with Crippen LogP contribution in [0.4, 0.5) is 0 Å². The molecule has 0 aromatic heterocycles. The maximum Gasteiger partial charge on any atom is 0.155 e. The lowest BCUT2D eigenvalue weighted by molar-refractivity contribution is -0.0254. The second kappa shape index (κ2) is 5.57. The van der Waals surface area contributed by atoms with Crippen molar-refractivity contribution in [2.45, 2.75) is 13.2 Å². The second-order valence-electron chi connectivity index (χ2n) is 1.31. The van der Waals surface area contributed by atoms with E-state index in [0.29, 0.717) is 0 Å². The highest BCUT2D eigenvalue weighted by Gasteiger charge is 2.07. The summed E-state index contributed by atoms with van der Waals surface area (Å²) in [5.74, 6) is 0. The van der Waals surface area contributed by atoms with E-state index < -0.39 is 0 Å². The van der Waals surface area contributed by atoms with Crippen LogP contribution in [0.15, 0.2) is 0 Å². The molecule has 0 saturated carbocycles. The van der Waals surface area contributed by atoms with Gasteiger partial charge in [-0.2, -0.15) is 0 Å². The van der Waals surface area contributed by atoms with Gasteiger partial charge in [-0.1, -0.05) is 11.8 Å². The van der Waals surface area contributed by atoms with Crippen molar-refractivity contribution in [2.75, 3.05) is 13.2 Å². The van der Waals surface area contributed by atoms with Crippen molar-refractivity contribution in [3.63, 3.8) is 0 Å². The van der Waals surface area contributed by atoms with Gasteiger partial charge in [0.1, 0.15) is 0 Å². The molecule has 48 valence electrons. The predicted octanol–water partition coefficient (Wildman–Crippen LogP) is 0.970. The third-order valence-corrected chi connectivity index (χ3v) is 0.788. The summed E-state index contributed by atoms with van der Waals surface area (Å²) in [5.41, 5.74) is 0. The average molecular weight is 152 g/mol. The van der Waals surface area contributed by atoms with Crippen LogP contribution in [0.5, 0.6) is 0 Å². The monoisotopic (exact) mass is 152 g/mol. The summed E-state index contributed by atoms with van der Waals surface area (Å²) in [7, 11) is 2.56. The van der Waals surface area contributed by atoms with Gasteiger partial charge in [-0.3, -0.25) is 0 Å². The minimum atomic E-state index is 0.0463. The number of ether oxygens (including phenoxy) is 2. The molecule has 0 aromatic rings. The third kappa shape index (κ3) is 3.44. The lowest BCUT2D eigenvalue weighted by Crippen LogP contribution is -1.97. The Kier molecular flexibility index (Phi) is 5.88. The maximum absolute atomic E-state index is 4.93. The van der Waals surface area contributed by atoms with Crippen LogP contribution in [-0.2, 0) is 21.3 Å². The molecule has 0 aromatic carbocycles. The van der Waals surface area contributed by atoms with Crippen molar-refractivity contribution in [1.29, 1.82) is 0 Å². The fourth-order valence-corrected chi connectivity index (χ4v) is 0.476. The van der Waals surface area contributed by atoms with E-state index in [2.05, 4.69) is 19.8 Å². The first-order chi connectivity index (χ1) is 3.89. The van der Waals surface area contributed by atoms with Gasteiger partial charge in [0.05, 0.1) is 13.2 Å². The van der Waals surface area contributed by atoms with Gasteiger partial charge in [-0.05, 0) is 14.9 Å². The zero-order valence-corrected chi connectivity index (χ0v) is 6.53. The van der Waals surface area contributed by atoms with Gasteiger partial charge in [0.2, 0.25) is 0 Å². The second-order valence-corrected chi connectivity index (χ2v) is 1.31. The molecule has 0 bridgehead atoms. The van der Waals surface area contributed by atoms with E-state index in [9.17, 15) is 0 Å². The van der Waals surface area contributed by atoms with Crippen LogP contribution in [0, 0.1) is 0 Å². The Balaban J connectivity index is 0.000000222. The van der Waals surface area contributed by atoms with E-state index in [0.717, 1.165) is 13.2 Å². The summed E-state index contributed by atoms with van der Waals surface area (Å²) in [5, 5.41) is 0. The Morgan fingerprint density at radius 1 is 1.38 bits per heavy atom. The number of hydrogen-bond donors (Lipinski definition) is 0. The molecule has 8 heavy (non-hydrogen) atoms. The molecular weight excluding hydrogens is 143 g/mol. The highest BCUT2D eigenvalue weighted by atomic mass is 32.4. The van der Waals surface area contributed by atoms with Crippen molar-refractivity contribution >= 4 is 19.8 Å². The van der Waals surface area contributed by atoms with E-state index in [1.165, 1.54) is 0 Å². The topological polar surface area (TPSA) is 18.5 Å². The molecule has 4 heteroatoms. The molecule has 0 unspecified atom stereocenters. The van der Waals surface area contributed by atoms with E-state index in [4.69, 9.17) is 9.47 Å². The summed E-state index contributed by atoms with van der Waals surface area (Å²) in [6.45, 7) is 3.43. The van der Waals surface area contributed by atoms with Crippen molar-refractivity contribution in [2.24, 2.45) is 0 Å². The van der Waals surface area contributed by atoms with Crippen molar-refractivity contribution in [3.05, 3.63) is 0 Å². The van der Waals surface area contributed by atoms with Gasteiger partial charge in [0.25, 0.3) is 0 Å². The lowest BCUT2D eigenvalue weighted by Gasteiger charge is -1.94. The molecule has 1 aliphatic heterocycles. The Labute approximate surface area is 56.4 Å². The molecule has 0 spiro atoms. The molecule has 0 amide bonds. The minimum absolute atomic E-state index is 0.0463. The van der Waals surface area contributed by atoms with E-state index in [1.54, 1.807) is 0 Å². The SMILES string of the molecule is CC1OCCO1.P=S. The van der Waals surface area contributed by atoms with Gasteiger partial charge in [0.15, 0.2) is 6.29 Å². The van der Waals surface area contributed by atoms with E-state index in [-0.39, 0.29) is 6.29 Å². The quantitative estimate of drug-likeness (QED) is 0.482. The summed E-state index contributed by atoms with van der Waals surface area (Å²) < 4.78 is 9.86. The fraction of sp³-hybridized carbons (Fsp3) is 1.00. The summed E-state index contributed by atoms with van der Waals surface area (Å²) in [4.78, 5) is 0. The van der Waals surface area contributed by atoms with E-state index in [1.807, 2.05) is 6.92 Å². The molecule has 0 aliphatic carbocycles. The molecule has 0 N–H and O–H groups in total. The maximum atomic E-state index is 4.93. The average Bonchev–Trinajstić information content (AvgIpc) is 2.24. The van der Waals surface area contributed by atoms with Crippen LogP contribution in [0.2, 0.25) is 0 Å². The fourth-order valence-electron chi connectivity index (χ4n) is 0.476. The van der Waals surface area contributed by atoms with Gasteiger partial charge >= 0.3 is 0 Å². The van der Waals surface area contributed by atoms with Crippen molar-refractivity contribution in [1.82, 2.24) is 0 Å². The standard InChI is InChI=1S/C4H8O2.HPS/c1-4-5-2-3-6-4;1-2/h4H,2-3H2,1H3;1H. The van der Waals surface area contributed by atoms with Crippen LogP contribution in [0.1, 0.15) is 6.92 Å². The third-order valence-electron chi connectivity index (χ3n) is 0.788. The Morgan fingerprint density at radius 3 is 1.88 bits per heavy atom. The van der Waals surface area contributed by atoms with Crippen LogP contribution < -0.4 is 0 Å². The normalized spacial score (nSPS) is 19.6. The zero-order chi connectivity index (χ0) is 6.41. The first kappa shape index (κ1) is 8.44. The zero-order valence-electron chi connectivity index (χ0n) is 4.72. The largest absolute Gasteiger partial charge is 0.351 e. The van der Waals surface area contributed by atoms with Crippen LogP contribution >= 0.6 is 8.02 Å². The smallest absolute Gasteiger partial charge is 0.155 e. The Bertz CT molecular complexity index is 56.0. The van der Waals surface area contributed by atoms with Crippen molar-refractivity contribution in [3.8, 4) is 0 Å². The molecule has 0 radical (unpaired) electrons. The molecule has 1 heterocycles. The summed E-state index contributed by atoms with van der Waals surface area (Å²) in [6.07, 6.45) is 0.0463. The lowest BCUT2D eigenvalue weighted by atomic mass is 10.8. The number of rotatable bonds is 0. The molecule has 1 rings (SSSR count). The van der Waals surface area contributed by atoms with Gasteiger partial charge in [0, 0.05) is 0 Å². The molecule has 2 nitrogen and oxygen atoms in total. The Hall–Kier alpha value is 0.440. The van der Waals surface area contributed by atoms with Crippen LogP contribution in [-0.4, -0.2) is 19.5 Å². The molecule has 1 aliphatic rings. The highest BCUT2D eigenvalue weighted by molar-refractivity contribution is 7.88. The van der Waals surface area contributed by atoms with Crippen molar-refractivity contribution < 1.29 is 9.47 Å². The van der Waals surface area contributed by atoms with Gasteiger partial charge < -0.3 is 9.47 Å². The van der Waals surface area contributed by atoms with Crippen LogP contribution in [0.3, 0.4) is 0 Å². The molecule has 1 saturated heterocycles. The number of hydrogen-bond acceptors (Lipinski definition) is 3. The Morgan fingerprint density at radius 2 is 1.75 bits per heavy atom. The van der Waals surface area contributed by atoms with Gasteiger partial charge in [-0.25, -0.2) is 0 Å². The van der Waals surface area contributed by atoms with Crippen LogP contribution in [0.25, 0.3) is 0 Å². The molecule has 1 fully saturated rings. The predicted molar refractivity (Wildman–Crippen MR) is 37.0 cm³/mol. The minimum Gasteiger partial charge on any atom is -0.351 e. The molecule has 0 atom stereocenters. The highest BCUT2D eigenvalue weighted by Crippen LogP contribution is 1.99. The summed E-state index contributed by atoms with van der Waals surface area (Å²) in [6, 6.07) is 0. The van der Waals surface area contributed by atoms with E-state index >= 15 is 0 Å². The molecular formula is C4H9O2PS. The first-order valence-electron chi connectivity index (χ1n) is 2.33.